The first-order valence-electron chi connectivity index (χ1n) is 7.47. The smallest absolute Gasteiger partial charge is 0.260 e. The predicted molar refractivity (Wildman–Crippen MR) is 99.7 cm³/mol. The molecule has 7 heteroatoms. The Morgan fingerprint density at radius 2 is 1.96 bits per heavy atom. The molecule has 3 aromatic rings. The number of benzene rings is 2. The topological polar surface area (TPSA) is 80.4 Å². The number of halogens is 1. The van der Waals surface area contributed by atoms with Gasteiger partial charge in [-0.3, -0.25) is 10.1 Å². The van der Waals surface area contributed by atoms with E-state index in [-0.39, 0.29) is 11.3 Å². The van der Waals surface area contributed by atoms with Gasteiger partial charge in [0.05, 0.1) is 27.2 Å². The normalized spacial score (nSPS) is 12.4. The summed E-state index contributed by atoms with van der Waals surface area (Å²) in [6.07, 6.45) is 1.16. The zero-order valence-corrected chi connectivity index (χ0v) is 14.2. The third-order valence-corrected chi connectivity index (χ3v) is 4.41. The van der Waals surface area contributed by atoms with E-state index in [0.29, 0.717) is 10.8 Å². The van der Waals surface area contributed by atoms with Crippen LogP contribution in [0.3, 0.4) is 0 Å². The monoisotopic (exact) mass is 354 g/mol. The summed E-state index contributed by atoms with van der Waals surface area (Å²) in [4.78, 5) is 21.0. The van der Waals surface area contributed by atoms with E-state index in [9.17, 15) is 9.18 Å². The number of hydrogen-bond acceptors (Lipinski definition) is 5. The van der Waals surface area contributed by atoms with Crippen molar-refractivity contribution in [1.82, 2.24) is 4.98 Å². The van der Waals surface area contributed by atoms with Gasteiger partial charge < -0.3 is 5.73 Å². The van der Waals surface area contributed by atoms with Crippen molar-refractivity contribution in [1.29, 1.82) is 0 Å². The van der Waals surface area contributed by atoms with Gasteiger partial charge in [0.2, 0.25) is 0 Å². The highest BCUT2D eigenvalue weighted by Gasteiger charge is 2.15. The third-order valence-electron chi connectivity index (χ3n) is 3.46. The fraction of sp³-hybridized carbons (Fsp3) is 0.0556. The van der Waals surface area contributed by atoms with E-state index in [0.717, 1.165) is 16.4 Å². The Labute approximate surface area is 147 Å². The Kier molecular flexibility index (Phi) is 4.85. The minimum Gasteiger partial charge on any atom is -0.404 e. The molecule has 0 spiro atoms. The van der Waals surface area contributed by atoms with Crippen molar-refractivity contribution < 1.29 is 9.18 Å². The van der Waals surface area contributed by atoms with Gasteiger partial charge in [-0.1, -0.05) is 35.6 Å². The van der Waals surface area contributed by atoms with Gasteiger partial charge in [0, 0.05) is 6.20 Å². The molecule has 3 rings (SSSR count). The van der Waals surface area contributed by atoms with Crippen molar-refractivity contribution in [3.05, 3.63) is 66.1 Å². The van der Waals surface area contributed by atoms with Gasteiger partial charge in [-0.15, -0.1) is 0 Å². The number of carbonyl (C=O) groups is 1. The van der Waals surface area contributed by atoms with Crippen LogP contribution in [0.15, 0.2) is 65.3 Å². The van der Waals surface area contributed by atoms with E-state index in [1.54, 1.807) is 19.1 Å². The molecule has 1 amide bonds. The Morgan fingerprint density at radius 1 is 1.24 bits per heavy atom. The van der Waals surface area contributed by atoms with Gasteiger partial charge in [0.15, 0.2) is 5.13 Å². The lowest BCUT2D eigenvalue weighted by molar-refractivity contribution is -0.112. The molecule has 0 atom stereocenters. The van der Waals surface area contributed by atoms with Crippen LogP contribution < -0.4 is 11.1 Å². The van der Waals surface area contributed by atoms with Crippen LogP contribution in [-0.4, -0.2) is 16.6 Å². The van der Waals surface area contributed by atoms with Gasteiger partial charge >= 0.3 is 0 Å². The summed E-state index contributed by atoms with van der Waals surface area (Å²) in [5, 5.41) is 3.17. The molecule has 0 radical (unpaired) electrons. The van der Waals surface area contributed by atoms with Gasteiger partial charge in [-0.25, -0.2) is 14.4 Å². The predicted octanol–water partition coefficient (Wildman–Crippen LogP) is 4.01. The zero-order valence-electron chi connectivity index (χ0n) is 13.4. The average Bonchev–Trinajstić information content (AvgIpc) is 2.99. The summed E-state index contributed by atoms with van der Waals surface area (Å²) < 4.78 is 14.7. The molecule has 5 nitrogen and oxygen atoms in total. The average molecular weight is 354 g/mol. The Morgan fingerprint density at radius 3 is 2.68 bits per heavy atom. The van der Waals surface area contributed by atoms with Crippen LogP contribution in [0.2, 0.25) is 0 Å². The summed E-state index contributed by atoms with van der Waals surface area (Å²) in [5.74, 6) is -0.913. The number of carbonyl (C=O) groups excluding carboxylic acids is 1. The van der Waals surface area contributed by atoms with Crippen molar-refractivity contribution in [2.45, 2.75) is 6.92 Å². The van der Waals surface area contributed by atoms with Crippen LogP contribution in [0, 0.1) is 5.82 Å². The molecule has 126 valence electrons. The number of rotatable bonds is 4. The van der Waals surface area contributed by atoms with Gasteiger partial charge in [-0.2, -0.15) is 0 Å². The minimum absolute atomic E-state index is 0.145. The number of hydrogen-bond donors (Lipinski definition) is 2. The highest BCUT2D eigenvalue weighted by atomic mass is 32.1. The molecule has 1 heterocycles. The fourth-order valence-corrected chi connectivity index (χ4v) is 3.09. The molecule has 0 bridgehead atoms. The number of nitrogens with one attached hydrogen (secondary N) is 1. The summed E-state index contributed by atoms with van der Waals surface area (Å²) in [5.41, 5.74) is 7.00. The SMILES string of the molecule is CC(=Nc1ccccc1F)C(=CN)C(=O)Nc1nc2ccccc2s1. The number of nitrogens with zero attached hydrogens (tertiary/aromatic N) is 2. The third kappa shape index (κ3) is 3.72. The largest absolute Gasteiger partial charge is 0.404 e. The second-order valence-electron chi connectivity index (χ2n) is 5.17. The van der Waals surface area contributed by atoms with E-state index in [1.807, 2.05) is 24.3 Å². The van der Waals surface area contributed by atoms with Crippen LogP contribution in [0.4, 0.5) is 15.2 Å². The van der Waals surface area contributed by atoms with Crippen LogP contribution in [0.25, 0.3) is 10.2 Å². The maximum Gasteiger partial charge on any atom is 0.260 e. The molecule has 0 unspecified atom stereocenters. The van der Waals surface area contributed by atoms with Crippen LogP contribution in [0.5, 0.6) is 0 Å². The van der Waals surface area contributed by atoms with Gasteiger partial charge in [-0.05, 0) is 31.2 Å². The number of thiazole rings is 1. The Bertz CT molecular complexity index is 960. The molecular formula is C18H15FN4OS. The van der Waals surface area contributed by atoms with E-state index in [4.69, 9.17) is 5.73 Å². The number of aromatic nitrogens is 1. The molecule has 0 aliphatic carbocycles. The van der Waals surface area contributed by atoms with E-state index in [1.165, 1.54) is 23.5 Å². The van der Waals surface area contributed by atoms with Crippen molar-refractivity contribution in [2.75, 3.05) is 5.32 Å². The minimum atomic E-state index is -0.468. The quantitative estimate of drug-likeness (QED) is 0.549. The zero-order chi connectivity index (χ0) is 17.8. The maximum atomic E-state index is 13.7. The number of amides is 1. The Balaban J connectivity index is 1.82. The fourth-order valence-electron chi connectivity index (χ4n) is 2.23. The van der Waals surface area contributed by atoms with E-state index < -0.39 is 11.7 Å². The first kappa shape index (κ1) is 16.8. The number of nitrogens with two attached hydrogens (primary N) is 1. The van der Waals surface area contributed by atoms with E-state index in [2.05, 4.69) is 15.3 Å². The first-order chi connectivity index (χ1) is 12.1. The summed E-state index contributed by atoms with van der Waals surface area (Å²) >= 11 is 1.36. The van der Waals surface area contributed by atoms with Crippen molar-refractivity contribution in [3.63, 3.8) is 0 Å². The van der Waals surface area contributed by atoms with Crippen molar-refractivity contribution in [3.8, 4) is 0 Å². The second-order valence-corrected chi connectivity index (χ2v) is 6.20. The molecule has 3 N–H and O–H groups in total. The standard InChI is InChI=1S/C18H15FN4OS/c1-11(21-14-7-3-2-6-13(14)19)12(10-20)17(24)23-18-22-15-8-4-5-9-16(15)25-18/h2-10H,20H2,1H3,(H,22,23,24). The van der Waals surface area contributed by atoms with E-state index >= 15 is 0 Å². The summed E-state index contributed by atoms with van der Waals surface area (Å²) in [7, 11) is 0. The van der Waals surface area contributed by atoms with Crippen LogP contribution in [0.1, 0.15) is 6.92 Å². The van der Waals surface area contributed by atoms with Gasteiger partial charge in [0.1, 0.15) is 5.82 Å². The molecule has 1 aromatic heterocycles. The number of para-hydroxylation sites is 2. The first-order valence-corrected chi connectivity index (χ1v) is 8.29. The number of anilines is 1. The molecule has 0 saturated carbocycles. The van der Waals surface area contributed by atoms with Crippen LogP contribution in [-0.2, 0) is 4.79 Å². The van der Waals surface area contributed by atoms with Gasteiger partial charge in [0.25, 0.3) is 5.91 Å². The lowest BCUT2D eigenvalue weighted by atomic mass is 10.1. The second kappa shape index (κ2) is 7.23. The Hall–Kier alpha value is -3.06. The molecule has 0 aliphatic heterocycles. The maximum absolute atomic E-state index is 13.7. The molecule has 2 aromatic carbocycles. The molecular weight excluding hydrogens is 339 g/mol. The van der Waals surface area contributed by atoms with Crippen molar-refractivity contribution in [2.24, 2.45) is 10.7 Å². The highest BCUT2D eigenvalue weighted by Crippen LogP contribution is 2.26. The summed E-state index contributed by atoms with van der Waals surface area (Å²) in [6, 6.07) is 13.6. The molecule has 0 aliphatic rings. The number of fused-ring (bicyclic) bond motifs is 1. The summed E-state index contributed by atoms with van der Waals surface area (Å²) in [6.45, 7) is 1.60. The number of aliphatic imine (C=N–C) groups is 1. The van der Waals surface area contributed by atoms with Crippen molar-refractivity contribution >= 4 is 44.0 Å². The highest BCUT2D eigenvalue weighted by molar-refractivity contribution is 7.22. The van der Waals surface area contributed by atoms with Crippen LogP contribution >= 0.6 is 11.3 Å². The lowest BCUT2D eigenvalue weighted by Crippen LogP contribution is -2.20. The molecule has 0 saturated heterocycles. The lowest BCUT2D eigenvalue weighted by Gasteiger charge is -2.06. The molecule has 0 fully saturated rings. The molecule has 25 heavy (non-hydrogen) atoms.